The van der Waals surface area contributed by atoms with Crippen LogP contribution in [0.4, 0.5) is 5.69 Å². The van der Waals surface area contributed by atoms with Gasteiger partial charge in [0, 0.05) is 29.0 Å². The van der Waals surface area contributed by atoms with Crippen LogP contribution in [0.2, 0.25) is 5.02 Å². The lowest BCUT2D eigenvalue weighted by atomic mass is 10.2. The van der Waals surface area contributed by atoms with E-state index in [9.17, 15) is 9.59 Å². The molecule has 0 saturated heterocycles. The first-order chi connectivity index (χ1) is 13.5. The lowest BCUT2D eigenvalue weighted by molar-refractivity contribution is 0.0946. The summed E-state index contributed by atoms with van der Waals surface area (Å²) in [6.45, 7) is 0.337. The van der Waals surface area contributed by atoms with Gasteiger partial charge in [0.15, 0.2) is 0 Å². The lowest BCUT2D eigenvalue weighted by Crippen LogP contribution is -2.24. The summed E-state index contributed by atoms with van der Waals surface area (Å²) in [6, 6.07) is 17.2. The number of amides is 2. The third kappa shape index (κ3) is 5.08. The van der Waals surface area contributed by atoms with Crippen LogP contribution < -0.4 is 15.4 Å². The Morgan fingerprint density at radius 3 is 2.54 bits per heavy atom. The Bertz CT molecular complexity index is 990. The van der Waals surface area contributed by atoms with E-state index in [0.29, 0.717) is 22.8 Å². The van der Waals surface area contributed by atoms with E-state index >= 15 is 0 Å². The van der Waals surface area contributed by atoms with Crippen molar-refractivity contribution in [1.82, 2.24) is 10.3 Å². The monoisotopic (exact) mass is 395 g/mol. The van der Waals surface area contributed by atoms with Crippen molar-refractivity contribution in [2.45, 2.75) is 6.54 Å². The first-order valence-corrected chi connectivity index (χ1v) is 8.87. The van der Waals surface area contributed by atoms with Crippen molar-refractivity contribution in [1.29, 1.82) is 0 Å². The molecule has 6 nitrogen and oxygen atoms in total. The predicted octanol–water partition coefficient (Wildman–Crippen LogP) is 3.93. The molecule has 2 N–H and O–H groups in total. The van der Waals surface area contributed by atoms with Gasteiger partial charge in [0.1, 0.15) is 11.4 Å². The first-order valence-electron chi connectivity index (χ1n) is 8.49. The number of aromatic nitrogens is 1. The Hall–Kier alpha value is -3.38. The number of carbonyl (C=O) groups excluding carboxylic acids is 2. The largest absolute Gasteiger partial charge is 0.497 e. The van der Waals surface area contributed by atoms with Gasteiger partial charge in [-0.2, -0.15) is 0 Å². The fraction of sp³-hybridized carbons (Fsp3) is 0.0952. The van der Waals surface area contributed by atoms with Crippen molar-refractivity contribution in [3.05, 3.63) is 88.7 Å². The van der Waals surface area contributed by atoms with Gasteiger partial charge in [-0.05, 0) is 48.0 Å². The van der Waals surface area contributed by atoms with Crippen LogP contribution >= 0.6 is 11.6 Å². The van der Waals surface area contributed by atoms with Crippen molar-refractivity contribution in [2.24, 2.45) is 0 Å². The van der Waals surface area contributed by atoms with Crippen molar-refractivity contribution in [2.75, 3.05) is 12.4 Å². The average molecular weight is 396 g/mol. The fourth-order valence-corrected chi connectivity index (χ4v) is 2.67. The summed E-state index contributed by atoms with van der Waals surface area (Å²) in [7, 11) is 1.60. The fourth-order valence-electron chi connectivity index (χ4n) is 2.48. The van der Waals surface area contributed by atoms with E-state index in [1.165, 1.54) is 12.3 Å². The first kappa shape index (κ1) is 19.4. The zero-order chi connectivity index (χ0) is 19.9. The molecule has 0 aliphatic carbocycles. The summed E-state index contributed by atoms with van der Waals surface area (Å²) in [4.78, 5) is 28.8. The van der Waals surface area contributed by atoms with Gasteiger partial charge in [-0.15, -0.1) is 0 Å². The molecule has 0 atom stereocenters. The van der Waals surface area contributed by atoms with Gasteiger partial charge >= 0.3 is 0 Å². The second-order valence-corrected chi connectivity index (χ2v) is 6.36. The van der Waals surface area contributed by atoms with Gasteiger partial charge in [-0.3, -0.25) is 14.6 Å². The van der Waals surface area contributed by atoms with Crippen LogP contribution in [-0.2, 0) is 6.54 Å². The molecule has 7 heteroatoms. The summed E-state index contributed by atoms with van der Waals surface area (Å²) in [5.74, 6) is 0.0252. The molecule has 0 radical (unpaired) electrons. The summed E-state index contributed by atoms with van der Waals surface area (Å²) < 4.78 is 5.11. The second kappa shape index (κ2) is 9.01. The third-order valence-electron chi connectivity index (χ3n) is 3.95. The van der Waals surface area contributed by atoms with E-state index in [1.54, 1.807) is 37.4 Å². The minimum atomic E-state index is -0.367. The molecule has 0 unspecified atom stereocenters. The number of carbonyl (C=O) groups is 2. The summed E-state index contributed by atoms with van der Waals surface area (Å²) in [5, 5.41) is 6.04. The minimum Gasteiger partial charge on any atom is -0.497 e. The molecule has 3 aromatic rings. The average Bonchev–Trinajstić information content (AvgIpc) is 2.72. The van der Waals surface area contributed by atoms with Gasteiger partial charge in [0.2, 0.25) is 0 Å². The molecule has 0 saturated carbocycles. The van der Waals surface area contributed by atoms with Gasteiger partial charge in [-0.1, -0.05) is 29.8 Å². The number of nitrogens with zero attached hydrogens (tertiary/aromatic N) is 1. The second-order valence-electron chi connectivity index (χ2n) is 5.92. The number of hydrogen-bond donors (Lipinski definition) is 2. The van der Waals surface area contributed by atoms with Crippen molar-refractivity contribution < 1.29 is 14.3 Å². The molecule has 2 amide bonds. The van der Waals surface area contributed by atoms with E-state index in [0.717, 1.165) is 11.3 Å². The standard InChI is InChI=1S/C21H18ClN3O3/c1-28-18-7-5-14(6-8-18)13-24-21(27)19-11-15(9-10-23-19)20(26)25-17-4-2-3-16(22)12-17/h2-12H,13H2,1H3,(H,24,27)(H,25,26). The van der Waals surface area contributed by atoms with Crippen molar-refractivity contribution in [3.63, 3.8) is 0 Å². The molecule has 2 aromatic carbocycles. The molecule has 0 aliphatic rings. The summed E-state index contributed by atoms with van der Waals surface area (Å²) in [5.41, 5.74) is 1.97. The van der Waals surface area contributed by atoms with Crippen LogP contribution in [0.3, 0.4) is 0 Å². The molecule has 1 heterocycles. The Labute approximate surface area is 167 Å². The zero-order valence-corrected chi connectivity index (χ0v) is 15.9. The molecule has 28 heavy (non-hydrogen) atoms. The molecule has 0 bridgehead atoms. The number of ether oxygens (including phenoxy) is 1. The molecule has 0 aliphatic heterocycles. The van der Waals surface area contributed by atoms with E-state index in [2.05, 4.69) is 15.6 Å². The Morgan fingerprint density at radius 2 is 1.82 bits per heavy atom. The smallest absolute Gasteiger partial charge is 0.270 e. The molecular formula is C21H18ClN3O3. The normalized spacial score (nSPS) is 10.2. The highest BCUT2D eigenvalue weighted by Crippen LogP contribution is 2.16. The Morgan fingerprint density at radius 1 is 1.04 bits per heavy atom. The van der Waals surface area contributed by atoms with Crippen molar-refractivity contribution >= 4 is 29.1 Å². The number of nitrogens with one attached hydrogen (secondary N) is 2. The maximum Gasteiger partial charge on any atom is 0.270 e. The summed E-state index contributed by atoms with van der Waals surface area (Å²) >= 11 is 5.92. The van der Waals surface area contributed by atoms with Crippen LogP contribution in [-0.4, -0.2) is 23.9 Å². The molecule has 0 spiro atoms. The Balaban J connectivity index is 1.64. The molecule has 142 valence electrons. The highest BCUT2D eigenvalue weighted by molar-refractivity contribution is 6.31. The molecule has 0 fully saturated rings. The van der Waals surface area contributed by atoms with E-state index in [-0.39, 0.29) is 17.5 Å². The van der Waals surface area contributed by atoms with Crippen LogP contribution in [0.25, 0.3) is 0 Å². The number of anilines is 1. The highest BCUT2D eigenvalue weighted by atomic mass is 35.5. The van der Waals surface area contributed by atoms with Crippen LogP contribution in [0, 0.1) is 0 Å². The quantitative estimate of drug-likeness (QED) is 0.662. The topological polar surface area (TPSA) is 80.3 Å². The van der Waals surface area contributed by atoms with Gasteiger partial charge in [-0.25, -0.2) is 0 Å². The summed E-state index contributed by atoms with van der Waals surface area (Å²) in [6.07, 6.45) is 1.43. The van der Waals surface area contributed by atoms with Crippen molar-refractivity contribution in [3.8, 4) is 5.75 Å². The third-order valence-corrected chi connectivity index (χ3v) is 4.18. The number of halogens is 1. The van der Waals surface area contributed by atoms with Crippen LogP contribution in [0.15, 0.2) is 66.9 Å². The van der Waals surface area contributed by atoms with Gasteiger partial charge in [0.25, 0.3) is 11.8 Å². The minimum absolute atomic E-state index is 0.159. The van der Waals surface area contributed by atoms with E-state index in [1.807, 2.05) is 24.3 Å². The molecule has 3 rings (SSSR count). The Kier molecular flexibility index (Phi) is 6.24. The van der Waals surface area contributed by atoms with E-state index < -0.39 is 0 Å². The maximum absolute atomic E-state index is 12.4. The van der Waals surface area contributed by atoms with Crippen LogP contribution in [0.5, 0.6) is 5.75 Å². The van der Waals surface area contributed by atoms with Gasteiger partial charge < -0.3 is 15.4 Å². The predicted molar refractivity (Wildman–Crippen MR) is 108 cm³/mol. The van der Waals surface area contributed by atoms with E-state index in [4.69, 9.17) is 16.3 Å². The number of hydrogen-bond acceptors (Lipinski definition) is 4. The SMILES string of the molecule is COc1ccc(CNC(=O)c2cc(C(=O)Nc3cccc(Cl)c3)ccn2)cc1. The number of methoxy groups -OCH3 is 1. The lowest BCUT2D eigenvalue weighted by Gasteiger charge is -2.08. The van der Waals surface area contributed by atoms with Crippen LogP contribution in [0.1, 0.15) is 26.4 Å². The maximum atomic E-state index is 12.4. The number of benzene rings is 2. The highest BCUT2D eigenvalue weighted by Gasteiger charge is 2.12. The number of pyridine rings is 1. The number of rotatable bonds is 6. The van der Waals surface area contributed by atoms with Gasteiger partial charge in [0.05, 0.1) is 7.11 Å². The molecular weight excluding hydrogens is 378 g/mol. The molecule has 1 aromatic heterocycles. The zero-order valence-electron chi connectivity index (χ0n) is 15.1.